The lowest BCUT2D eigenvalue weighted by molar-refractivity contribution is -0.144. The maximum Gasteiger partial charge on any atom is 0.239 e. The molecule has 1 aromatic rings. The Kier molecular flexibility index (Phi) is 7.75. The molecule has 2 amide bonds. The Bertz CT molecular complexity index is 719. The molecule has 0 saturated carbocycles. The van der Waals surface area contributed by atoms with E-state index in [1.165, 1.54) is 5.56 Å². The van der Waals surface area contributed by atoms with Crippen LogP contribution in [0.3, 0.4) is 0 Å². The van der Waals surface area contributed by atoms with Gasteiger partial charge in [-0.2, -0.15) is 0 Å². The van der Waals surface area contributed by atoms with Gasteiger partial charge in [0.25, 0.3) is 0 Å². The predicted molar refractivity (Wildman–Crippen MR) is 118 cm³/mol. The highest BCUT2D eigenvalue weighted by Gasteiger charge is 2.33. The summed E-state index contributed by atoms with van der Waals surface area (Å²) in [6.45, 7) is 7.43. The molecule has 29 heavy (non-hydrogen) atoms. The molecule has 1 saturated heterocycles. The first-order valence-corrected chi connectivity index (χ1v) is 11.2. The Morgan fingerprint density at radius 1 is 1.17 bits per heavy atom. The van der Waals surface area contributed by atoms with E-state index in [-0.39, 0.29) is 17.2 Å². The van der Waals surface area contributed by atoms with Gasteiger partial charge >= 0.3 is 0 Å². The van der Waals surface area contributed by atoms with Crippen molar-refractivity contribution in [3.05, 3.63) is 47.5 Å². The fourth-order valence-electron chi connectivity index (χ4n) is 3.66. The van der Waals surface area contributed by atoms with Gasteiger partial charge in [0.15, 0.2) is 0 Å². The first kappa shape index (κ1) is 21.9. The van der Waals surface area contributed by atoms with Crippen LogP contribution in [0.5, 0.6) is 0 Å². The van der Waals surface area contributed by atoms with Gasteiger partial charge in [0, 0.05) is 58.9 Å². The summed E-state index contributed by atoms with van der Waals surface area (Å²) < 4.78 is 0. The number of amides is 2. The van der Waals surface area contributed by atoms with Crippen LogP contribution in [0.25, 0.3) is 0 Å². The highest BCUT2D eigenvalue weighted by molar-refractivity contribution is 8.02. The summed E-state index contributed by atoms with van der Waals surface area (Å²) in [6.07, 6.45) is 2.58. The Morgan fingerprint density at radius 2 is 1.86 bits per heavy atom. The van der Waals surface area contributed by atoms with Crippen LogP contribution < -0.4 is 0 Å². The highest BCUT2D eigenvalue weighted by Crippen LogP contribution is 2.29. The lowest BCUT2D eigenvalue weighted by atomic mass is 10.1. The second-order valence-electron chi connectivity index (χ2n) is 7.94. The second-order valence-corrected chi connectivity index (χ2v) is 9.03. The van der Waals surface area contributed by atoms with E-state index >= 15 is 0 Å². The normalized spacial score (nSPS) is 21.3. The largest absolute Gasteiger partial charge is 0.344 e. The number of piperazine rings is 1. The third kappa shape index (κ3) is 5.84. The minimum Gasteiger partial charge on any atom is -0.344 e. The SMILES string of the molecule is CC(C(=O)N(C)CCN1CCN(C)CC1)C(=O)N1C=CS[C@@H]1Cc1ccccc1. The zero-order valence-corrected chi connectivity index (χ0v) is 18.5. The quantitative estimate of drug-likeness (QED) is 0.636. The number of likely N-dealkylation sites (N-methyl/N-ethyl adjacent to an activating group) is 2. The van der Waals surface area contributed by atoms with Crippen molar-refractivity contribution in [3.63, 3.8) is 0 Å². The van der Waals surface area contributed by atoms with Crippen LogP contribution in [0.15, 0.2) is 41.9 Å². The second kappa shape index (κ2) is 10.3. The van der Waals surface area contributed by atoms with E-state index in [2.05, 4.69) is 29.0 Å². The van der Waals surface area contributed by atoms with Gasteiger partial charge in [0.1, 0.15) is 5.92 Å². The molecule has 2 atom stereocenters. The summed E-state index contributed by atoms with van der Waals surface area (Å²) in [5.74, 6) is -0.898. The van der Waals surface area contributed by atoms with Crippen molar-refractivity contribution in [2.24, 2.45) is 5.92 Å². The summed E-state index contributed by atoms with van der Waals surface area (Å²) in [4.78, 5) is 34.0. The van der Waals surface area contributed by atoms with Crippen molar-refractivity contribution in [1.82, 2.24) is 19.6 Å². The highest BCUT2D eigenvalue weighted by atomic mass is 32.2. The fourth-order valence-corrected chi connectivity index (χ4v) is 4.64. The van der Waals surface area contributed by atoms with E-state index in [0.29, 0.717) is 6.54 Å². The molecule has 158 valence electrons. The van der Waals surface area contributed by atoms with Crippen molar-refractivity contribution in [2.75, 3.05) is 53.4 Å². The van der Waals surface area contributed by atoms with Gasteiger partial charge in [-0.3, -0.25) is 14.5 Å². The lowest BCUT2D eigenvalue weighted by Gasteiger charge is -2.33. The molecule has 0 bridgehead atoms. The van der Waals surface area contributed by atoms with E-state index in [9.17, 15) is 9.59 Å². The Hall–Kier alpha value is -1.83. The molecule has 0 aromatic heterocycles. The van der Waals surface area contributed by atoms with E-state index in [0.717, 1.165) is 39.1 Å². The van der Waals surface area contributed by atoms with E-state index in [1.807, 2.05) is 29.8 Å². The number of rotatable bonds is 7. The maximum atomic E-state index is 13.0. The molecular formula is C22H32N4O2S. The molecule has 2 aliphatic heterocycles. The Morgan fingerprint density at radius 3 is 2.55 bits per heavy atom. The number of thioether (sulfide) groups is 1. The van der Waals surface area contributed by atoms with Crippen LogP contribution in [0.4, 0.5) is 0 Å². The molecule has 0 N–H and O–H groups in total. The van der Waals surface area contributed by atoms with Crippen LogP contribution in [0.1, 0.15) is 12.5 Å². The fraction of sp³-hybridized carbons (Fsp3) is 0.545. The number of nitrogens with zero attached hydrogens (tertiary/aromatic N) is 4. The van der Waals surface area contributed by atoms with Gasteiger partial charge in [-0.15, -0.1) is 11.8 Å². The number of carbonyl (C=O) groups excluding carboxylic acids is 2. The summed E-state index contributed by atoms with van der Waals surface area (Å²) >= 11 is 1.63. The molecule has 0 spiro atoms. The van der Waals surface area contributed by atoms with Gasteiger partial charge < -0.3 is 14.7 Å². The van der Waals surface area contributed by atoms with E-state index < -0.39 is 5.92 Å². The molecule has 0 aliphatic carbocycles. The summed E-state index contributed by atoms with van der Waals surface area (Å²) in [7, 11) is 3.94. The molecular weight excluding hydrogens is 384 g/mol. The first-order valence-electron chi connectivity index (χ1n) is 10.3. The number of benzene rings is 1. The van der Waals surface area contributed by atoms with Crippen LogP contribution in [-0.4, -0.2) is 90.2 Å². The average molecular weight is 417 g/mol. The van der Waals surface area contributed by atoms with Crippen LogP contribution in [0, 0.1) is 5.92 Å². The van der Waals surface area contributed by atoms with Crippen LogP contribution in [-0.2, 0) is 16.0 Å². The zero-order chi connectivity index (χ0) is 20.8. The zero-order valence-electron chi connectivity index (χ0n) is 17.7. The minimum absolute atomic E-state index is 0.01000. The maximum absolute atomic E-state index is 13.0. The molecule has 0 radical (unpaired) electrons. The van der Waals surface area contributed by atoms with Gasteiger partial charge in [-0.1, -0.05) is 30.3 Å². The van der Waals surface area contributed by atoms with Crippen molar-refractivity contribution in [2.45, 2.75) is 18.7 Å². The van der Waals surface area contributed by atoms with Gasteiger partial charge in [-0.05, 0) is 24.9 Å². The van der Waals surface area contributed by atoms with Crippen LogP contribution >= 0.6 is 11.8 Å². The number of hydrogen-bond donors (Lipinski definition) is 0. The predicted octanol–water partition coefficient (Wildman–Crippen LogP) is 1.94. The number of hydrogen-bond acceptors (Lipinski definition) is 5. The topological polar surface area (TPSA) is 47.1 Å². The number of carbonyl (C=O) groups is 2. The molecule has 2 aliphatic rings. The molecule has 3 rings (SSSR count). The van der Waals surface area contributed by atoms with Gasteiger partial charge in [0.2, 0.25) is 11.8 Å². The molecule has 7 heteroatoms. The average Bonchev–Trinajstić information content (AvgIpc) is 3.20. The first-order chi connectivity index (χ1) is 14.0. The van der Waals surface area contributed by atoms with E-state index in [4.69, 9.17) is 0 Å². The molecule has 1 unspecified atom stereocenters. The van der Waals surface area contributed by atoms with Crippen molar-refractivity contribution in [1.29, 1.82) is 0 Å². The van der Waals surface area contributed by atoms with Crippen molar-refractivity contribution in [3.8, 4) is 0 Å². The third-order valence-corrected chi connectivity index (χ3v) is 6.73. The summed E-state index contributed by atoms with van der Waals surface area (Å²) in [5.41, 5.74) is 1.19. The van der Waals surface area contributed by atoms with Crippen molar-refractivity contribution >= 4 is 23.6 Å². The Labute approximate surface area is 178 Å². The van der Waals surface area contributed by atoms with Crippen molar-refractivity contribution < 1.29 is 9.59 Å². The Balaban J connectivity index is 1.51. The molecule has 2 heterocycles. The smallest absolute Gasteiger partial charge is 0.239 e. The minimum atomic E-state index is -0.672. The third-order valence-electron chi connectivity index (χ3n) is 5.74. The standard InChI is InChI=1S/C22H32N4O2S/c1-18(21(27)24(3)11-14-25-12-9-23(2)10-13-25)22(28)26-15-16-29-20(26)17-19-7-5-4-6-8-19/h4-8,15-16,18,20H,9-14,17H2,1-3H3/t18?,20-/m1/s1. The van der Waals surface area contributed by atoms with Crippen LogP contribution in [0.2, 0.25) is 0 Å². The van der Waals surface area contributed by atoms with E-state index in [1.54, 1.807) is 35.5 Å². The molecule has 1 fully saturated rings. The molecule has 6 nitrogen and oxygen atoms in total. The molecule has 1 aromatic carbocycles. The lowest BCUT2D eigenvalue weighted by Crippen LogP contribution is -2.48. The summed E-state index contributed by atoms with van der Waals surface area (Å²) in [5, 5.41) is 1.95. The summed E-state index contributed by atoms with van der Waals surface area (Å²) in [6, 6.07) is 10.2. The van der Waals surface area contributed by atoms with Gasteiger partial charge in [0.05, 0.1) is 5.37 Å². The van der Waals surface area contributed by atoms with Gasteiger partial charge in [-0.25, -0.2) is 0 Å². The monoisotopic (exact) mass is 416 g/mol.